The largest absolute Gasteiger partial charge is 0.451 e. The fourth-order valence-electron chi connectivity index (χ4n) is 5.28. The summed E-state index contributed by atoms with van der Waals surface area (Å²) in [6.45, 7) is 5.13. The van der Waals surface area contributed by atoms with Gasteiger partial charge in [0, 0.05) is 54.4 Å². The molecular weight excluding hydrogens is 566 g/mol. The second-order valence-corrected chi connectivity index (χ2v) is 11.9. The maximum absolute atomic E-state index is 11.4. The molecule has 0 spiro atoms. The van der Waals surface area contributed by atoms with Crippen LogP contribution in [0.5, 0.6) is 0 Å². The summed E-state index contributed by atoms with van der Waals surface area (Å²) in [4.78, 5) is 19.5. The molecule has 0 aliphatic carbocycles. The quantitative estimate of drug-likeness (QED) is 0.167. The van der Waals surface area contributed by atoms with Gasteiger partial charge in [0.2, 0.25) is 0 Å². The maximum Gasteiger partial charge on any atom is 0.294 e. The summed E-state index contributed by atoms with van der Waals surface area (Å²) < 4.78 is 34.7. The first-order valence-corrected chi connectivity index (χ1v) is 15.5. The van der Waals surface area contributed by atoms with Crippen LogP contribution in [-0.2, 0) is 16.5 Å². The number of anilines is 1. The van der Waals surface area contributed by atoms with E-state index in [1.165, 1.54) is 23.1 Å². The Labute approximate surface area is 250 Å². The van der Waals surface area contributed by atoms with E-state index in [0.29, 0.717) is 11.1 Å². The number of nitrogens with two attached hydrogens (primary N) is 1. The lowest BCUT2D eigenvalue weighted by molar-refractivity contribution is 0.0976. The summed E-state index contributed by atoms with van der Waals surface area (Å²) >= 11 is 0. The van der Waals surface area contributed by atoms with Crippen molar-refractivity contribution in [2.24, 2.45) is 5.73 Å². The number of piperazine rings is 1. The number of hydrogen-bond donors (Lipinski definition) is 3. The number of aromatic amines is 1. The molecule has 1 aliphatic rings. The SMILES string of the molecule is N#Cc1ccc2[nH]cc(CCCCN3CCN(c4ccc5oc(C(N)=O)cc5c4)CC3)c2c1.O=S(=O)(O)c1ccccc1. The molecule has 5 aromatic rings. The van der Waals surface area contributed by atoms with Crippen molar-refractivity contribution < 1.29 is 22.2 Å². The van der Waals surface area contributed by atoms with Gasteiger partial charge in [-0.1, -0.05) is 18.2 Å². The molecule has 0 saturated carbocycles. The fraction of sp³-hybridized carbons (Fsp3) is 0.250. The summed E-state index contributed by atoms with van der Waals surface area (Å²) in [6.07, 6.45) is 5.38. The van der Waals surface area contributed by atoms with Gasteiger partial charge < -0.3 is 20.0 Å². The molecule has 0 atom stereocenters. The third-order valence-corrected chi connectivity index (χ3v) is 8.46. The molecule has 1 aliphatic heterocycles. The predicted molar refractivity (Wildman–Crippen MR) is 166 cm³/mol. The lowest BCUT2D eigenvalue weighted by atomic mass is 10.1. The Bertz CT molecular complexity index is 1870. The Morgan fingerprint density at radius 1 is 1.00 bits per heavy atom. The van der Waals surface area contributed by atoms with Crippen molar-refractivity contribution in [2.45, 2.75) is 24.2 Å². The highest BCUT2D eigenvalue weighted by molar-refractivity contribution is 7.85. The van der Waals surface area contributed by atoms with Crippen LogP contribution >= 0.6 is 0 Å². The average molecular weight is 600 g/mol. The van der Waals surface area contributed by atoms with Crippen molar-refractivity contribution in [1.82, 2.24) is 9.88 Å². The molecule has 3 heterocycles. The van der Waals surface area contributed by atoms with Crippen LogP contribution in [0.1, 0.15) is 34.5 Å². The third-order valence-electron chi connectivity index (χ3n) is 7.59. The minimum atomic E-state index is -4.00. The summed E-state index contributed by atoms with van der Waals surface area (Å²) in [5, 5.41) is 11.2. The first kappa shape index (κ1) is 29.8. The zero-order chi connectivity index (χ0) is 30.4. The predicted octanol–water partition coefficient (Wildman–Crippen LogP) is 4.96. The molecule has 43 heavy (non-hydrogen) atoms. The van der Waals surface area contributed by atoms with Crippen LogP contribution in [0.15, 0.2) is 88.3 Å². The van der Waals surface area contributed by atoms with E-state index >= 15 is 0 Å². The standard InChI is InChI=1S/C26H27N5O2.C6H6O3S/c27-16-18-4-6-23-22(13-18)19(17-29-23)3-1-2-8-30-9-11-31(12-10-30)21-5-7-24-20(14-21)15-25(33-24)26(28)32;7-10(8,9)6-4-2-1-3-5-6/h4-7,13-15,17,29H,1-3,8-12H2,(H2,28,32);1-5H,(H,7,8,9). The minimum absolute atomic E-state index is 0.0741. The highest BCUT2D eigenvalue weighted by atomic mass is 32.2. The van der Waals surface area contributed by atoms with Gasteiger partial charge in [0.1, 0.15) is 5.58 Å². The molecule has 3 aromatic carbocycles. The van der Waals surface area contributed by atoms with E-state index in [1.807, 2.05) is 30.3 Å². The highest BCUT2D eigenvalue weighted by Gasteiger charge is 2.18. The van der Waals surface area contributed by atoms with Crippen LogP contribution in [0.25, 0.3) is 21.9 Å². The summed E-state index contributed by atoms with van der Waals surface area (Å²) in [7, 11) is -4.00. The molecule has 1 fully saturated rings. The Balaban J connectivity index is 0.000000314. The number of hydrogen-bond acceptors (Lipinski definition) is 7. The molecule has 4 N–H and O–H groups in total. The molecule has 1 amide bonds. The lowest BCUT2D eigenvalue weighted by Crippen LogP contribution is -2.46. The number of H-pyrrole nitrogens is 1. The van der Waals surface area contributed by atoms with Crippen LogP contribution in [0.4, 0.5) is 5.69 Å². The Kier molecular flexibility index (Phi) is 9.11. The van der Waals surface area contributed by atoms with Gasteiger partial charge >= 0.3 is 0 Å². The smallest absolute Gasteiger partial charge is 0.294 e. The molecule has 11 heteroatoms. The zero-order valence-corrected chi connectivity index (χ0v) is 24.4. The molecule has 0 bridgehead atoms. The highest BCUT2D eigenvalue weighted by Crippen LogP contribution is 2.26. The van der Waals surface area contributed by atoms with Crippen LogP contribution in [0.3, 0.4) is 0 Å². The van der Waals surface area contributed by atoms with E-state index in [9.17, 15) is 13.2 Å². The van der Waals surface area contributed by atoms with E-state index in [-0.39, 0.29) is 10.7 Å². The van der Waals surface area contributed by atoms with Gasteiger partial charge in [-0.15, -0.1) is 0 Å². The van der Waals surface area contributed by atoms with Gasteiger partial charge in [-0.3, -0.25) is 14.2 Å². The van der Waals surface area contributed by atoms with Crippen molar-refractivity contribution in [3.8, 4) is 6.07 Å². The van der Waals surface area contributed by atoms with Crippen molar-refractivity contribution >= 4 is 43.6 Å². The second kappa shape index (κ2) is 13.1. The molecular formula is C32H33N5O5S. The van der Waals surface area contributed by atoms with E-state index in [4.69, 9.17) is 20.0 Å². The Morgan fingerprint density at radius 2 is 1.77 bits per heavy atom. The van der Waals surface area contributed by atoms with E-state index in [2.05, 4.69) is 33.1 Å². The molecule has 222 valence electrons. The fourth-order valence-corrected chi connectivity index (χ4v) is 5.78. The number of amides is 1. The van der Waals surface area contributed by atoms with Crippen molar-refractivity contribution in [3.05, 3.63) is 95.9 Å². The van der Waals surface area contributed by atoms with E-state index in [1.54, 1.807) is 24.3 Å². The topological polar surface area (TPSA) is 157 Å². The normalized spacial score (nSPS) is 13.9. The van der Waals surface area contributed by atoms with Crippen molar-refractivity contribution in [3.63, 3.8) is 0 Å². The van der Waals surface area contributed by atoms with Crippen LogP contribution in [0, 0.1) is 11.3 Å². The van der Waals surface area contributed by atoms with Gasteiger partial charge in [0.05, 0.1) is 16.5 Å². The first-order valence-electron chi connectivity index (χ1n) is 14.0. The van der Waals surface area contributed by atoms with Crippen LogP contribution in [0.2, 0.25) is 0 Å². The number of primary amides is 1. The summed E-state index contributed by atoms with van der Waals surface area (Å²) in [5.41, 5.74) is 10.3. The number of aromatic nitrogens is 1. The van der Waals surface area contributed by atoms with Gasteiger partial charge in [-0.05, 0) is 86.0 Å². The number of carbonyl (C=O) groups is 1. The second-order valence-electron chi connectivity index (χ2n) is 10.5. The van der Waals surface area contributed by atoms with Crippen molar-refractivity contribution in [1.29, 1.82) is 5.26 Å². The van der Waals surface area contributed by atoms with Gasteiger partial charge in [-0.2, -0.15) is 13.7 Å². The number of fused-ring (bicyclic) bond motifs is 2. The molecule has 0 radical (unpaired) electrons. The van der Waals surface area contributed by atoms with Crippen LogP contribution < -0.4 is 10.6 Å². The lowest BCUT2D eigenvalue weighted by Gasteiger charge is -2.36. The molecule has 0 unspecified atom stereocenters. The minimum Gasteiger partial charge on any atom is -0.451 e. The monoisotopic (exact) mass is 599 g/mol. The number of nitrogens with one attached hydrogen (secondary N) is 1. The number of nitrogens with zero attached hydrogens (tertiary/aromatic N) is 3. The van der Waals surface area contributed by atoms with Gasteiger partial charge in [0.15, 0.2) is 5.76 Å². The Hall–Kier alpha value is -4.63. The molecule has 10 nitrogen and oxygen atoms in total. The van der Waals surface area contributed by atoms with E-state index < -0.39 is 16.0 Å². The van der Waals surface area contributed by atoms with Crippen LogP contribution in [-0.4, -0.2) is 61.5 Å². The van der Waals surface area contributed by atoms with Gasteiger partial charge in [0.25, 0.3) is 16.0 Å². The summed E-state index contributed by atoms with van der Waals surface area (Å²) in [5.74, 6) is -0.344. The molecule has 1 saturated heterocycles. The number of furan rings is 1. The number of unbranched alkanes of at least 4 members (excludes halogenated alkanes) is 1. The maximum atomic E-state index is 11.4. The molecule has 6 rings (SSSR count). The number of nitriles is 1. The number of rotatable bonds is 8. The molecule has 2 aromatic heterocycles. The zero-order valence-electron chi connectivity index (χ0n) is 23.6. The summed E-state index contributed by atoms with van der Waals surface area (Å²) in [6, 6.07) is 23.2. The first-order chi connectivity index (χ1) is 20.7. The number of benzene rings is 3. The van der Waals surface area contributed by atoms with Gasteiger partial charge in [-0.25, -0.2) is 0 Å². The Morgan fingerprint density at radius 3 is 2.44 bits per heavy atom. The van der Waals surface area contributed by atoms with Crippen molar-refractivity contribution in [2.75, 3.05) is 37.6 Å². The van der Waals surface area contributed by atoms with E-state index in [0.717, 1.165) is 68.6 Å². The average Bonchev–Trinajstić information content (AvgIpc) is 3.63. The number of aryl methyl sites for hydroxylation is 1. The third kappa shape index (κ3) is 7.42. The number of carbonyl (C=O) groups excluding carboxylic acids is 1.